The van der Waals surface area contributed by atoms with Gasteiger partial charge < -0.3 is 19.5 Å². The van der Waals surface area contributed by atoms with Crippen LogP contribution in [-0.4, -0.2) is 36.9 Å². The summed E-state index contributed by atoms with van der Waals surface area (Å²) in [6, 6.07) is 16.0. The third kappa shape index (κ3) is 5.32. The lowest BCUT2D eigenvalue weighted by molar-refractivity contribution is 0.0672. The second-order valence-electron chi connectivity index (χ2n) is 7.84. The number of hydrogen-bond acceptors (Lipinski definition) is 4. The van der Waals surface area contributed by atoms with Crippen molar-refractivity contribution >= 4 is 34.8 Å². The molecule has 0 fully saturated rings. The minimum atomic E-state index is -0.329. The molecule has 1 aromatic heterocycles. The van der Waals surface area contributed by atoms with Crippen LogP contribution >= 0.6 is 11.6 Å². The number of carbonyl (C=O) groups is 2. The summed E-state index contributed by atoms with van der Waals surface area (Å²) in [6.45, 7) is 4.44. The molecule has 7 heteroatoms. The molecule has 6 nitrogen and oxygen atoms in total. The summed E-state index contributed by atoms with van der Waals surface area (Å²) in [5.41, 5.74) is 2.97. The molecule has 0 spiro atoms. The van der Waals surface area contributed by atoms with Crippen LogP contribution in [0.15, 0.2) is 65.3 Å². The molecule has 2 amide bonds. The highest BCUT2D eigenvalue weighted by molar-refractivity contribution is 6.33. The second-order valence-corrected chi connectivity index (χ2v) is 8.25. The Morgan fingerprint density at radius 3 is 2.47 bits per heavy atom. The zero-order chi connectivity index (χ0) is 23.3. The van der Waals surface area contributed by atoms with Crippen molar-refractivity contribution in [1.29, 1.82) is 0 Å². The molecule has 3 aromatic rings. The monoisotopic (exact) mass is 453 g/mol. The fourth-order valence-corrected chi connectivity index (χ4v) is 3.66. The molecule has 0 aliphatic heterocycles. The van der Waals surface area contributed by atoms with Gasteiger partial charge in [-0.2, -0.15) is 0 Å². The van der Waals surface area contributed by atoms with Gasteiger partial charge in [-0.05, 0) is 61.4 Å². The van der Waals surface area contributed by atoms with E-state index in [1.807, 2.05) is 68.1 Å². The van der Waals surface area contributed by atoms with Gasteiger partial charge in [0.15, 0.2) is 5.76 Å². The Labute approximate surface area is 193 Å². The van der Waals surface area contributed by atoms with Gasteiger partial charge in [0.2, 0.25) is 0 Å². The van der Waals surface area contributed by atoms with E-state index < -0.39 is 0 Å². The van der Waals surface area contributed by atoms with Gasteiger partial charge in [-0.1, -0.05) is 30.7 Å². The van der Waals surface area contributed by atoms with E-state index in [4.69, 9.17) is 16.0 Å². The fraction of sp³-hybridized carbons (Fsp3) is 0.280. The first-order valence-electron chi connectivity index (χ1n) is 10.5. The van der Waals surface area contributed by atoms with Crippen LogP contribution in [0.5, 0.6) is 0 Å². The number of carbonyl (C=O) groups excluding carboxylic acids is 2. The molecule has 0 bridgehead atoms. The summed E-state index contributed by atoms with van der Waals surface area (Å²) in [5, 5.41) is 3.29. The SMILES string of the molecule is CCC(C)N(Cc1cc(NC(=O)c2ccco2)ccc1N(C)C)C(=O)c1ccccc1Cl. The molecule has 0 aliphatic carbocycles. The van der Waals surface area contributed by atoms with Gasteiger partial charge in [0.25, 0.3) is 11.8 Å². The van der Waals surface area contributed by atoms with E-state index in [0.29, 0.717) is 22.8 Å². The molecule has 168 valence electrons. The molecular weight excluding hydrogens is 426 g/mol. The molecule has 0 saturated carbocycles. The Balaban J connectivity index is 1.94. The van der Waals surface area contributed by atoms with Crippen molar-refractivity contribution in [3.05, 3.63) is 82.8 Å². The Morgan fingerprint density at radius 2 is 1.84 bits per heavy atom. The summed E-state index contributed by atoms with van der Waals surface area (Å²) in [5.74, 6) is -0.220. The highest BCUT2D eigenvalue weighted by atomic mass is 35.5. The second kappa shape index (κ2) is 10.4. The molecule has 1 atom stereocenters. The minimum Gasteiger partial charge on any atom is -0.459 e. The first-order valence-corrected chi connectivity index (χ1v) is 10.9. The van der Waals surface area contributed by atoms with Crippen LogP contribution in [0.2, 0.25) is 5.02 Å². The van der Waals surface area contributed by atoms with Gasteiger partial charge in [0, 0.05) is 38.1 Å². The number of amides is 2. The van der Waals surface area contributed by atoms with Crippen LogP contribution in [0.3, 0.4) is 0 Å². The van der Waals surface area contributed by atoms with E-state index in [0.717, 1.165) is 17.7 Å². The summed E-state index contributed by atoms with van der Waals surface area (Å²) >= 11 is 6.32. The number of halogens is 1. The predicted octanol–water partition coefficient (Wildman–Crippen LogP) is 5.69. The minimum absolute atomic E-state index is 0.00449. The smallest absolute Gasteiger partial charge is 0.291 e. The van der Waals surface area contributed by atoms with Crippen molar-refractivity contribution in [3.63, 3.8) is 0 Å². The van der Waals surface area contributed by atoms with Crippen LogP contribution in [0, 0.1) is 0 Å². The predicted molar refractivity (Wildman–Crippen MR) is 129 cm³/mol. The zero-order valence-electron chi connectivity index (χ0n) is 18.8. The Hall–Kier alpha value is -3.25. The average Bonchev–Trinajstić information content (AvgIpc) is 3.32. The van der Waals surface area contributed by atoms with Crippen molar-refractivity contribution in [1.82, 2.24) is 4.90 Å². The van der Waals surface area contributed by atoms with Crippen molar-refractivity contribution in [2.24, 2.45) is 0 Å². The molecular formula is C25H28ClN3O3. The van der Waals surface area contributed by atoms with Gasteiger partial charge in [-0.25, -0.2) is 0 Å². The molecule has 1 N–H and O–H groups in total. The normalized spacial score (nSPS) is 11.7. The van der Waals surface area contributed by atoms with E-state index in [2.05, 4.69) is 5.32 Å². The number of rotatable bonds is 8. The van der Waals surface area contributed by atoms with Crippen LogP contribution in [0.1, 0.15) is 46.7 Å². The average molecular weight is 454 g/mol. The van der Waals surface area contributed by atoms with Crippen LogP contribution in [0.4, 0.5) is 11.4 Å². The Morgan fingerprint density at radius 1 is 1.09 bits per heavy atom. The summed E-state index contributed by atoms with van der Waals surface area (Å²) in [6.07, 6.45) is 2.25. The first kappa shape index (κ1) is 23.4. The molecule has 3 rings (SSSR count). The molecule has 1 heterocycles. The maximum Gasteiger partial charge on any atom is 0.291 e. The van der Waals surface area contributed by atoms with E-state index >= 15 is 0 Å². The largest absolute Gasteiger partial charge is 0.459 e. The van der Waals surface area contributed by atoms with Crippen LogP contribution < -0.4 is 10.2 Å². The maximum atomic E-state index is 13.4. The first-order chi connectivity index (χ1) is 15.3. The Kier molecular flexibility index (Phi) is 7.59. The molecule has 2 aromatic carbocycles. The summed E-state index contributed by atoms with van der Waals surface area (Å²) in [4.78, 5) is 29.6. The summed E-state index contributed by atoms with van der Waals surface area (Å²) < 4.78 is 5.18. The van der Waals surface area contributed by atoms with E-state index in [-0.39, 0.29) is 23.6 Å². The van der Waals surface area contributed by atoms with Gasteiger partial charge in [0.1, 0.15) is 0 Å². The molecule has 1 unspecified atom stereocenters. The highest BCUT2D eigenvalue weighted by Crippen LogP contribution is 2.28. The van der Waals surface area contributed by atoms with Gasteiger partial charge >= 0.3 is 0 Å². The molecule has 0 aliphatic rings. The maximum absolute atomic E-state index is 13.4. The zero-order valence-corrected chi connectivity index (χ0v) is 19.5. The van der Waals surface area contributed by atoms with E-state index in [1.165, 1.54) is 6.26 Å². The van der Waals surface area contributed by atoms with Crippen molar-refractivity contribution in [2.45, 2.75) is 32.9 Å². The lowest BCUT2D eigenvalue weighted by atomic mass is 10.1. The van der Waals surface area contributed by atoms with Crippen molar-refractivity contribution in [3.8, 4) is 0 Å². The van der Waals surface area contributed by atoms with Gasteiger partial charge in [0.05, 0.1) is 16.8 Å². The van der Waals surface area contributed by atoms with E-state index in [9.17, 15) is 9.59 Å². The number of benzene rings is 2. The molecule has 0 radical (unpaired) electrons. The molecule has 32 heavy (non-hydrogen) atoms. The van der Waals surface area contributed by atoms with Crippen LogP contribution in [-0.2, 0) is 6.54 Å². The number of nitrogens with zero attached hydrogens (tertiary/aromatic N) is 2. The lowest BCUT2D eigenvalue weighted by Gasteiger charge is -2.31. The van der Waals surface area contributed by atoms with E-state index in [1.54, 1.807) is 24.3 Å². The number of anilines is 2. The third-order valence-electron chi connectivity index (χ3n) is 5.39. The van der Waals surface area contributed by atoms with Crippen molar-refractivity contribution in [2.75, 3.05) is 24.3 Å². The number of furan rings is 1. The topological polar surface area (TPSA) is 65.8 Å². The summed E-state index contributed by atoms with van der Waals surface area (Å²) in [7, 11) is 3.90. The number of nitrogens with one attached hydrogen (secondary N) is 1. The quantitative estimate of drug-likeness (QED) is 0.475. The molecule has 0 saturated heterocycles. The lowest BCUT2D eigenvalue weighted by Crippen LogP contribution is -2.38. The van der Waals surface area contributed by atoms with Crippen molar-refractivity contribution < 1.29 is 14.0 Å². The van der Waals surface area contributed by atoms with Gasteiger partial charge in [-0.3, -0.25) is 9.59 Å². The Bertz CT molecular complexity index is 1080. The fourth-order valence-electron chi connectivity index (χ4n) is 3.45. The third-order valence-corrected chi connectivity index (χ3v) is 5.72. The standard InChI is InChI=1S/C25H28ClN3O3/c1-5-17(2)29(25(31)20-9-6-7-10-21(20)26)16-18-15-19(12-13-22(18)28(3)4)27-24(30)23-11-8-14-32-23/h6-15,17H,5,16H2,1-4H3,(H,27,30). The highest BCUT2D eigenvalue weighted by Gasteiger charge is 2.24. The van der Waals surface area contributed by atoms with Gasteiger partial charge in [-0.15, -0.1) is 0 Å². The van der Waals surface area contributed by atoms with Crippen LogP contribution in [0.25, 0.3) is 0 Å². The number of hydrogen-bond donors (Lipinski definition) is 1.